The highest BCUT2D eigenvalue weighted by Gasteiger charge is 1.80. The van der Waals surface area contributed by atoms with Gasteiger partial charge in [-0.25, -0.2) is 0 Å². The van der Waals surface area contributed by atoms with Gasteiger partial charge < -0.3 is 0 Å². The fourth-order valence-corrected chi connectivity index (χ4v) is 0.893. The van der Waals surface area contributed by atoms with Crippen molar-refractivity contribution in [2.75, 3.05) is 0 Å². The first kappa shape index (κ1) is 8.29. The molecule has 1 aromatic rings. The summed E-state index contributed by atoms with van der Waals surface area (Å²) in [5, 5.41) is 1.80. The molecule has 1 aromatic heterocycles. The average Bonchev–Trinajstić information content (AvgIpc) is 2.09. The number of nitrogens with zero attached hydrogens (tertiary/aromatic N) is 1. The van der Waals surface area contributed by atoms with Crippen LogP contribution in [-0.2, 0) is 0 Å². The van der Waals surface area contributed by atoms with Gasteiger partial charge in [0.2, 0.25) is 0 Å². The third kappa shape index (κ3) is 1.83. The molecular weight excluding hydrogens is 146 g/mol. The van der Waals surface area contributed by atoms with Gasteiger partial charge in [0.15, 0.2) is 0 Å². The minimum absolute atomic E-state index is 0.852. The zero-order valence-electron chi connectivity index (χ0n) is 6.70. The monoisotopic (exact) mass is 155 g/mol. The summed E-state index contributed by atoms with van der Waals surface area (Å²) in [6.07, 6.45) is 12.1. The maximum absolute atomic E-state index is 5.15. The van der Waals surface area contributed by atoms with E-state index in [9.17, 15) is 0 Å². The second-order valence-electron chi connectivity index (χ2n) is 2.19. The van der Waals surface area contributed by atoms with E-state index in [1.807, 2.05) is 18.2 Å². The second kappa shape index (κ2) is 4.15. The lowest BCUT2D eigenvalue weighted by molar-refractivity contribution is 1.22. The van der Waals surface area contributed by atoms with Gasteiger partial charge in [0.25, 0.3) is 0 Å². The summed E-state index contributed by atoms with van der Waals surface area (Å²) in [5.41, 5.74) is 0. The number of terminal acetylenes is 1. The molecule has 0 aliphatic carbocycles. The predicted molar refractivity (Wildman–Crippen MR) is 51.4 cm³/mol. The first-order valence-electron chi connectivity index (χ1n) is 3.58. The Kier molecular flexibility index (Phi) is 2.87. The van der Waals surface area contributed by atoms with Crippen LogP contribution in [-0.4, -0.2) is 4.98 Å². The van der Waals surface area contributed by atoms with Crippen LogP contribution in [0.3, 0.4) is 0 Å². The zero-order chi connectivity index (χ0) is 8.81. The van der Waals surface area contributed by atoms with Gasteiger partial charge >= 0.3 is 0 Å². The van der Waals surface area contributed by atoms with E-state index in [-0.39, 0.29) is 0 Å². The summed E-state index contributed by atoms with van der Waals surface area (Å²) in [5.74, 6) is 2.46. The molecule has 1 heteroatoms. The number of hydrogen-bond donors (Lipinski definition) is 0. The summed E-state index contributed by atoms with van der Waals surface area (Å²) in [7, 11) is 0. The van der Waals surface area contributed by atoms with Crippen molar-refractivity contribution in [2.45, 2.75) is 0 Å². The molecule has 0 amide bonds. The Morgan fingerprint density at radius 3 is 3.08 bits per heavy atom. The van der Waals surface area contributed by atoms with Crippen molar-refractivity contribution in [3.8, 4) is 12.3 Å². The molecule has 0 unspecified atom stereocenters. The minimum atomic E-state index is 0.852. The van der Waals surface area contributed by atoms with Crippen molar-refractivity contribution >= 4 is 12.2 Å². The van der Waals surface area contributed by atoms with Crippen LogP contribution in [0.15, 0.2) is 31.0 Å². The van der Waals surface area contributed by atoms with Crippen molar-refractivity contribution in [1.82, 2.24) is 4.98 Å². The number of pyridine rings is 1. The Hall–Kier alpha value is -1.81. The summed E-state index contributed by atoms with van der Waals surface area (Å²) in [6, 6.07) is 3.77. The summed E-state index contributed by atoms with van der Waals surface area (Å²) < 4.78 is 0. The summed E-state index contributed by atoms with van der Waals surface area (Å²) in [6.45, 7) is 3.60. The number of rotatable bonds is 1. The maximum atomic E-state index is 5.15. The van der Waals surface area contributed by atoms with Crippen LogP contribution in [0.2, 0.25) is 0 Å². The van der Waals surface area contributed by atoms with E-state index < -0.39 is 0 Å². The van der Waals surface area contributed by atoms with E-state index in [0.717, 1.165) is 10.6 Å². The van der Waals surface area contributed by atoms with E-state index in [2.05, 4.69) is 17.5 Å². The highest BCUT2D eigenvalue weighted by atomic mass is 14.6. The Morgan fingerprint density at radius 2 is 2.42 bits per heavy atom. The molecule has 0 aliphatic rings. The molecule has 12 heavy (non-hydrogen) atoms. The Balaban J connectivity index is 3.50. The minimum Gasteiger partial charge on any atom is -0.256 e. The van der Waals surface area contributed by atoms with Crippen LogP contribution in [0.4, 0.5) is 0 Å². The largest absolute Gasteiger partial charge is 0.256 e. The quantitative estimate of drug-likeness (QED) is 0.537. The SMILES string of the molecule is C#C/C=c1/cccn/c1=C/C=C. The van der Waals surface area contributed by atoms with Gasteiger partial charge in [0, 0.05) is 11.4 Å². The fraction of sp³-hybridized carbons (Fsp3) is 0. The number of allylic oxidation sites excluding steroid dienone is 1. The Morgan fingerprint density at radius 1 is 1.58 bits per heavy atom. The van der Waals surface area contributed by atoms with Gasteiger partial charge in [0.1, 0.15) is 0 Å². The van der Waals surface area contributed by atoms with Gasteiger partial charge in [-0.3, -0.25) is 4.98 Å². The van der Waals surface area contributed by atoms with E-state index in [1.54, 1.807) is 18.3 Å². The molecule has 1 nitrogen and oxygen atoms in total. The third-order valence-electron chi connectivity index (χ3n) is 1.39. The summed E-state index contributed by atoms with van der Waals surface area (Å²) in [4.78, 5) is 4.13. The van der Waals surface area contributed by atoms with Crippen LogP contribution < -0.4 is 10.6 Å². The lowest BCUT2D eigenvalue weighted by Crippen LogP contribution is -2.26. The molecule has 0 bridgehead atoms. The van der Waals surface area contributed by atoms with Gasteiger partial charge in [-0.15, -0.1) is 6.42 Å². The maximum Gasteiger partial charge on any atom is 0.0708 e. The molecule has 0 saturated carbocycles. The van der Waals surface area contributed by atoms with Crippen LogP contribution in [0.5, 0.6) is 0 Å². The molecule has 0 saturated heterocycles. The molecule has 0 atom stereocenters. The molecule has 0 fully saturated rings. The Bertz CT molecular complexity index is 421. The standard InChI is InChI=1S/C11H9N/c1-3-6-10-8-5-9-12-11(10)7-4-2/h1,4-9H,2H2/b10-6-,11-7+. The molecule has 0 aliphatic heterocycles. The molecule has 0 N–H and O–H groups in total. The van der Waals surface area contributed by atoms with Crippen LogP contribution in [0, 0.1) is 12.3 Å². The molecule has 1 heterocycles. The van der Waals surface area contributed by atoms with Gasteiger partial charge in [0.05, 0.1) is 5.35 Å². The normalized spacial score (nSPS) is 12.6. The van der Waals surface area contributed by atoms with Crippen molar-refractivity contribution in [3.63, 3.8) is 0 Å². The van der Waals surface area contributed by atoms with E-state index >= 15 is 0 Å². The molecule has 0 aromatic carbocycles. The van der Waals surface area contributed by atoms with Crippen molar-refractivity contribution in [1.29, 1.82) is 0 Å². The first-order chi connectivity index (χ1) is 5.88. The van der Waals surface area contributed by atoms with Crippen LogP contribution in [0.1, 0.15) is 0 Å². The molecule has 58 valence electrons. The topological polar surface area (TPSA) is 12.9 Å². The third-order valence-corrected chi connectivity index (χ3v) is 1.39. The molecular formula is C11H9N. The average molecular weight is 155 g/mol. The number of aromatic nitrogens is 1. The highest BCUT2D eigenvalue weighted by molar-refractivity contribution is 5.44. The van der Waals surface area contributed by atoms with Gasteiger partial charge in [-0.2, -0.15) is 0 Å². The Labute approximate surface area is 71.8 Å². The lowest BCUT2D eigenvalue weighted by Gasteiger charge is -1.85. The summed E-state index contributed by atoms with van der Waals surface area (Å²) >= 11 is 0. The predicted octanol–water partition coefficient (Wildman–Crippen LogP) is 0.462. The van der Waals surface area contributed by atoms with Crippen molar-refractivity contribution in [3.05, 3.63) is 41.6 Å². The number of hydrogen-bond acceptors (Lipinski definition) is 1. The highest BCUT2D eigenvalue weighted by Crippen LogP contribution is 1.68. The molecule has 0 spiro atoms. The van der Waals surface area contributed by atoms with Crippen molar-refractivity contribution < 1.29 is 0 Å². The second-order valence-corrected chi connectivity index (χ2v) is 2.19. The van der Waals surface area contributed by atoms with E-state index in [1.165, 1.54) is 0 Å². The van der Waals surface area contributed by atoms with Crippen LogP contribution >= 0.6 is 0 Å². The van der Waals surface area contributed by atoms with Gasteiger partial charge in [-0.1, -0.05) is 24.6 Å². The fourth-order valence-electron chi connectivity index (χ4n) is 0.893. The first-order valence-corrected chi connectivity index (χ1v) is 3.58. The van der Waals surface area contributed by atoms with Crippen molar-refractivity contribution in [2.24, 2.45) is 0 Å². The molecule has 0 radical (unpaired) electrons. The smallest absolute Gasteiger partial charge is 0.0708 e. The van der Waals surface area contributed by atoms with Crippen LogP contribution in [0.25, 0.3) is 12.2 Å². The van der Waals surface area contributed by atoms with E-state index in [0.29, 0.717) is 0 Å². The van der Waals surface area contributed by atoms with E-state index in [4.69, 9.17) is 6.42 Å². The molecule has 1 rings (SSSR count). The van der Waals surface area contributed by atoms with Gasteiger partial charge in [-0.05, 0) is 18.2 Å². The zero-order valence-corrected chi connectivity index (χ0v) is 6.70. The lowest BCUT2D eigenvalue weighted by atomic mass is 10.3.